The van der Waals surface area contributed by atoms with Crippen LogP contribution in [0, 0.1) is 5.82 Å². The number of rotatable bonds is 4. The second-order valence-corrected chi connectivity index (χ2v) is 6.17. The van der Waals surface area contributed by atoms with E-state index in [2.05, 4.69) is 15.3 Å². The van der Waals surface area contributed by atoms with Crippen molar-refractivity contribution in [1.29, 1.82) is 0 Å². The van der Waals surface area contributed by atoms with Crippen LogP contribution in [0.3, 0.4) is 0 Å². The number of halogens is 1. The molecule has 0 aliphatic heterocycles. The molecule has 0 fully saturated rings. The Morgan fingerprint density at radius 1 is 1.12 bits per heavy atom. The van der Waals surface area contributed by atoms with Gasteiger partial charge >= 0.3 is 0 Å². The molecule has 24 heavy (non-hydrogen) atoms. The van der Waals surface area contributed by atoms with Crippen molar-refractivity contribution in [2.24, 2.45) is 0 Å². The number of methoxy groups -OCH3 is 1. The third kappa shape index (κ3) is 2.63. The Morgan fingerprint density at radius 2 is 2.00 bits per heavy atom. The molecule has 120 valence electrons. The minimum absolute atomic E-state index is 0.252. The maximum atomic E-state index is 13.8. The second-order valence-electron chi connectivity index (χ2n) is 5.22. The molecule has 2 heterocycles. The standard InChI is InChI=1S/C17H13FN4OS/c1-23-13-7-4-6-12(9-13)16-21-22-15(19-20-17(22)24-16)10-11-5-2-3-8-14(11)18/h2-9H,10H2,1H3. The van der Waals surface area contributed by atoms with Gasteiger partial charge in [0.05, 0.1) is 7.11 Å². The molecule has 0 unspecified atom stereocenters. The quantitative estimate of drug-likeness (QED) is 0.570. The Morgan fingerprint density at radius 3 is 2.83 bits per heavy atom. The lowest BCUT2D eigenvalue weighted by atomic mass is 10.1. The molecule has 0 spiro atoms. The Hall–Kier alpha value is -2.80. The average molecular weight is 340 g/mol. The first-order valence-corrected chi connectivity index (χ1v) is 8.15. The number of benzene rings is 2. The van der Waals surface area contributed by atoms with E-state index in [0.29, 0.717) is 22.8 Å². The molecular formula is C17H13FN4OS. The van der Waals surface area contributed by atoms with E-state index >= 15 is 0 Å². The Labute approximate surface area is 141 Å². The third-order valence-electron chi connectivity index (χ3n) is 3.68. The summed E-state index contributed by atoms with van der Waals surface area (Å²) in [5.41, 5.74) is 1.52. The topological polar surface area (TPSA) is 52.3 Å². The third-order valence-corrected chi connectivity index (χ3v) is 4.63. The van der Waals surface area contributed by atoms with Gasteiger partial charge in [-0.2, -0.15) is 9.61 Å². The molecule has 0 amide bonds. The fraction of sp³-hybridized carbons (Fsp3) is 0.118. The molecule has 0 saturated heterocycles. The summed E-state index contributed by atoms with van der Waals surface area (Å²) in [6.07, 6.45) is 0.342. The molecule has 4 rings (SSSR count). The molecule has 0 bridgehead atoms. The van der Waals surface area contributed by atoms with Crippen molar-refractivity contribution in [3.63, 3.8) is 0 Å². The lowest BCUT2D eigenvalue weighted by Crippen LogP contribution is -1.99. The molecule has 7 heteroatoms. The van der Waals surface area contributed by atoms with Gasteiger partial charge in [0, 0.05) is 12.0 Å². The van der Waals surface area contributed by atoms with E-state index in [4.69, 9.17) is 4.74 Å². The Bertz CT molecular complexity index is 1010. The molecule has 0 radical (unpaired) electrons. The Kier molecular flexibility index (Phi) is 3.70. The zero-order valence-electron chi connectivity index (χ0n) is 12.8. The number of hydrogen-bond acceptors (Lipinski definition) is 5. The highest BCUT2D eigenvalue weighted by atomic mass is 32.1. The largest absolute Gasteiger partial charge is 0.497 e. The molecule has 2 aromatic heterocycles. The van der Waals surface area contributed by atoms with Gasteiger partial charge in [0.25, 0.3) is 0 Å². The fourth-order valence-electron chi connectivity index (χ4n) is 2.45. The summed E-state index contributed by atoms with van der Waals surface area (Å²) in [5, 5.41) is 13.7. The van der Waals surface area contributed by atoms with Crippen molar-refractivity contribution in [3.05, 3.63) is 65.7 Å². The molecule has 5 nitrogen and oxygen atoms in total. The smallest absolute Gasteiger partial charge is 0.234 e. The van der Waals surface area contributed by atoms with E-state index in [1.807, 2.05) is 24.3 Å². The number of ether oxygens (including phenoxy) is 1. The molecule has 0 saturated carbocycles. The summed E-state index contributed by atoms with van der Waals surface area (Å²) in [4.78, 5) is 0.680. The SMILES string of the molecule is COc1cccc(-c2nn3c(Cc4ccccc4F)nnc3s2)c1. The van der Waals surface area contributed by atoms with E-state index in [1.54, 1.807) is 29.8 Å². The summed E-state index contributed by atoms with van der Waals surface area (Å²) in [5.74, 6) is 1.13. The zero-order valence-corrected chi connectivity index (χ0v) is 13.6. The van der Waals surface area contributed by atoms with Gasteiger partial charge in [0.15, 0.2) is 5.82 Å². The van der Waals surface area contributed by atoms with E-state index in [0.717, 1.165) is 16.3 Å². The van der Waals surface area contributed by atoms with Crippen molar-refractivity contribution in [3.8, 4) is 16.3 Å². The summed E-state index contributed by atoms with van der Waals surface area (Å²) >= 11 is 1.43. The Balaban J connectivity index is 1.72. The van der Waals surface area contributed by atoms with Crippen molar-refractivity contribution < 1.29 is 9.13 Å². The highest BCUT2D eigenvalue weighted by Gasteiger charge is 2.15. The summed E-state index contributed by atoms with van der Waals surface area (Å²) in [6, 6.07) is 14.3. The van der Waals surface area contributed by atoms with Gasteiger partial charge in [-0.05, 0) is 23.8 Å². The molecule has 2 aromatic carbocycles. The summed E-state index contributed by atoms with van der Waals surface area (Å²) < 4.78 is 20.8. The number of aromatic nitrogens is 4. The number of nitrogens with zero attached hydrogens (tertiary/aromatic N) is 4. The van der Waals surface area contributed by atoms with Gasteiger partial charge < -0.3 is 4.74 Å². The highest BCUT2D eigenvalue weighted by molar-refractivity contribution is 7.19. The summed E-state index contributed by atoms with van der Waals surface area (Å²) in [7, 11) is 1.63. The predicted octanol–water partition coefficient (Wildman–Crippen LogP) is 3.59. The minimum atomic E-state index is -0.252. The van der Waals surface area contributed by atoms with Crippen molar-refractivity contribution in [1.82, 2.24) is 19.8 Å². The van der Waals surface area contributed by atoms with E-state index in [9.17, 15) is 4.39 Å². The van der Waals surface area contributed by atoms with Crippen LogP contribution < -0.4 is 4.74 Å². The van der Waals surface area contributed by atoms with Gasteiger partial charge in [0.2, 0.25) is 4.96 Å². The monoisotopic (exact) mass is 340 g/mol. The lowest BCUT2D eigenvalue weighted by Gasteiger charge is -2.01. The van der Waals surface area contributed by atoms with Gasteiger partial charge in [-0.3, -0.25) is 0 Å². The van der Waals surface area contributed by atoms with Gasteiger partial charge in [0.1, 0.15) is 16.6 Å². The van der Waals surface area contributed by atoms with Crippen LogP contribution in [0.5, 0.6) is 5.75 Å². The zero-order chi connectivity index (χ0) is 16.5. The van der Waals surface area contributed by atoms with Gasteiger partial charge in [-0.1, -0.05) is 41.7 Å². The highest BCUT2D eigenvalue weighted by Crippen LogP contribution is 2.28. The first-order chi connectivity index (χ1) is 11.7. The first kappa shape index (κ1) is 14.8. The van der Waals surface area contributed by atoms with Crippen molar-refractivity contribution in [2.75, 3.05) is 7.11 Å². The van der Waals surface area contributed by atoms with E-state index in [-0.39, 0.29) is 5.82 Å². The molecule has 0 atom stereocenters. The van der Waals surface area contributed by atoms with Crippen LogP contribution in [0.15, 0.2) is 48.5 Å². The van der Waals surface area contributed by atoms with Crippen molar-refractivity contribution >= 4 is 16.3 Å². The van der Waals surface area contributed by atoms with E-state index in [1.165, 1.54) is 17.4 Å². The van der Waals surface area contributed by atoms with Crippen LogP contribution in [-0.4, -0.2) is 26.9 Å². The van der Waals surface area contributed by atoms with Gasteiger partial charge in [-0.25, -0.2) is 4.39 Å². The maximum absolute atomic E-state index is 13.8. The molecule has 4 aromatic rings. The van der Waals surface area contributed by atoms with Crippen LogP contribution in [0.25, 0.3) is 15.5 Å². The van der Waals surface area contributed by atoms with E-state index < -0.39 is 0 Å². The van der Waals surface area contributed by atoms with Crippen LogP contribution in [0.4, 0.5) is 4.39 Å². The lowest BCUT2D eigenvalue weighted by molar-refractivity contribution is 0.415. The second kappa shape index (κ2) is 6.01. The summed E-state index contributed by atoms with van der Waals surface area (Å²) in [6.45, 7) is 0. The molecule has 0 N–H and O–H groups in total. The number of hydrogen-bond donors (Lipinski definition) is 0. The van der Waals surface area contributed by atoms with Crippen molar-refractivity contribution in [2.45, 2.75) is 6.42 Å². The fourth-order valence-corrected chi connectivity index (χ4v) is 3.31. The van der Waals surface area contributed by atoms with Crippen LogP contribution in [0.1, 0.15) is 11.4 Å². The molecular weight excluding hydrogens is 327 g/mol. The number of fused-ring (bicyclic) bond motifs is 1. The minimum Gasteiger partial charge on any atom is -0.497 e. The molecule has 0 aliphatic carbocycles. The molecule has 0 aliphatic rings. The maximum Gasteiger partial charge on any atom is 0.234 e. The van der Waals surface area contributed by atoms with Crippen LogP contribution >= 0.6 is 11.3 Å². The predicted molar refractivity (Wildman–Crippen MR) is 89.9 cm³/mol. The average Bonchev–Trinajstić information content (AvgIpc) is 3.19. The normalized spacial score (nSPS) is 11.1. The van der Waals surface area contributed by atoms with Crippen LogP contribution in [0.2, 0.25) is 0 Å². The van der Waals surface area contributed by atoms with Crippen LogP contribution in [-0.2, 0) is 6.42 Å². The first-order valence-electron chi connectivity index (χ1n) is 7.33. The van der Waals surface area contributed by atoms with Gasteiger partial charge in [-0.15, -0.1) is 10.2 Å².